The average Bonchev–Trinajstić information content (AvgIpc) is 2.77. The molecule has 1 aromatic rings. The van der Waals surface area contributed by atoms with Crippen LogP contribution in [-0.2, 0) is 11.2 Å². The van der Waals surface area contributed by atoms with Crippen LogP contribution in [0.25, 0.3) is 0 Å². The Morgan fingerprint density at radius 1 is 1.16 bits per heavy atom. The third-order valence-electron chi connectivity index (χ3n) is 5.30. The Bertz CT molecular complexity index is 673. The van der Waals surface area contributed by atoms with E-state index >= 15 is 0 Å². The number of carbonyl (C=O) groups is 1. The Hall–Kier alpha value is -1.55. The molecule has 1 aromatic carbocycles. The van der Waals surface area contributed by atoms with Gasteiger partial charge in [0.15, 0.2) is 5.96 Å². The monoisotopic (exact) mass is 559 g/mol. The Labute approximate surface area is 211 Å². The number of nitrogens with zero attached hydrogens (tertiary/aromatic N) is 2. The third kappa shape index (κ3) is 11.4. The summed E-state index contributed by atoms with van der Waals surface area (Å²) in [4.78, 5) is 18.5. The lowest BCUT2D eigenvalue weighted by atomic mass is 10.1. The van der Waals surface area contributed by atoms with E-state index in [9.17, 15) is 4.79 Å². The number of carbonyl (C=O) groups excluding carboxylic acids is 1. The number of benzene rings is 1. The zero-order valence-corrected chi connectivity index (χ0v) is 22.5. The second-order valence-corrected chi connectivity index (χ2v) is 8.64. The maximum Gasteiger partial charge on any atom is 0.234 e. The molecule has 2 rings (SSSR count). The van der Waals surface area contributed by atoms with Crippen LogP contribution >= 0.6 is 24.0 Å². The summed E-state index contributed by atoms with van der Waals surface area (Å²) in [6.07, 6.45) is 3.93. The van der Waals surface area contributed by atoms with Crippen LogP contribution in [0.1, 0.15) is 45.6 Å². The summed E-state index contributed by atoms with van der Waals surface area (Å²) in [5.41, 5.74) is 1.27. The van der Waals surface area contributed by atoms with E-state index < -0.39 is 0 Å². The van der Waals surface area contributed by atoms with Gasteiger partial charge in [-0.25, -0.2) is 0 Å². The highest BCUT2D eigenvalue weighted by Crippen LogP contribution is 2.13. The number of ether oxygens (including phenoxy) is 1. The number of piperidine rings is 1. The molecule has 0 saturated carbocycles. The first-order chi connectivity index (χ1) is 15.0. The van der Waals surface area contributed by atoms with Gasteiger partial charge in [0.25, 0.3) is 0 Å². The summed E-state index contributed by atoms with van der Waals surface area (Å²) in [6, 6.07) is 8.72. The minimum absolute atomic E-state index is 0. The molecule has 3 N–H and O–H groups in total. The molecular formula is C24H42IN5O2. The van der Waals surface area contributed by atoms with Crippen LogP contribution in [0.2, 0.25) is 0 Å². The van der Waals surface area contributed by atoms with Crippen molar-refractivity contribution in [3.8, 4) is 5.75 Å². The first-order valence-electron chi connectivity index (χ1n) is 11.7. The number of likely N-dealkylation sites (tertiary alicyclic amines) is 1. The summed E-state index contributed by atoms with van der Waals surface area (Å²) in [6.45, 7) is 11.1. The number of aliphatic imine (C=N–C) groups is 1. The molecular weight excluding hydrogens is 517 g/mol. The van der Waals surface area contributed by atoms with Crippen molar-refractivity contribution >= 4 is 35.8 Å². The zero-order chi connectivity index (χ0) is 22.5. The van der Waals surface area contributed by atoms with E-state index in [1.165, 1.54) is 5.56 Å². The van der Waals surface area contributed by atoms with Crippen molar-refractivity contribution < 1.29 is 9.53 Å². The predicted octanol–water partition coefficient (Wildman–Crippen LogP) is 3.04. The van der Waals surface area contributed by atoms with Crippen LogP contribution in [0.4, 0.5) is 0 Å². The van der Waals surface area contributed by atoms with Crippen molar-refractivity contribution in [2.75, 3.05) is 46.4 Å². The van der Waals surface area contributed by atoms with Gasteiger partial charge in [0.2, 0.25) is 5.91 Å². The standard InChI is InChI=1S/C24H41N5O2.HI/c1-5-13-26-23(30)17-29-15-11-21(12-16-29)28-24(25-4)27-14-10-20-6-8-22(9-7-20)31-18-19(2)3;/h6-9,19,21H,5,10-18H2,1-4H3,(H,26,30)(H2,25,27,28);1H. The summed E-state index contributed by atoms with van der Waals surface area (Å²) in [5, 5.41) is 9.89. The van der Waals surface area contributed by atoms with Gasteiger partial charge in [-0.2, -0.15) is 0 Å². The molecule has 0 aliphatic carbocycles. The number of hydrogen-bond acceptors (Lipinski definition) is 4. The summed E-state index contributed by atoms with van der Waals surface area (Å²) in [5.74, 6) is 2.43. The van der Waals surface area contributed by atoms with Crippen molar-refractivity contribution in [2.45, 2.75) is 52.5 Å². The van der Waals surface area contributed by atoms with E-state index in [0.717, 1.165) is 70.2 Å². The fraction of sp³-hybridized carbons (Fsp3) is 0.667. The van der Waals surface area contributed by atoms with Crippen molar-refractivity contribution in [1.82, 2.24) is 20.9 Å². The third-order valence-corrected chi connectivity index (χ3v) is 5.30. The Morgan fingerprint density at radius 3 is 2.44 bits per heavy atom. The molecule has 0 aromatic heterocycles. The molecule has 0 atom stereocenters. The van der Waals surface area contributed by atoms with Crippen molar-refractivity contribution in [1.29, 1.82) is 0 Å². The fourth-order valence-electron chi connectivity index (χ4n) is 3.49. The normalized spacial score (nSPS) is 15.2. The molecule has 8 heteroatoms. The van der Waals surface area contributed by atoms with Crippen LogP contribution in [0.5, 0.6) is 5.75 Å². The van der Waals surface area contributed by atoms with Crippen molar-refractivity contribution in [3.63, 3.8) is 0 Å². The summed E-state index contributed by atoms with van der Waals surface area (Å²) >= 11 is 0. The number of hydrogen-bond donors (Lipinski definition) is 3. The van der Waals surface area contributed by atoms with Gasteiger partial charge in [0, 0.05) is 39.3 Å². The highest BCUT2D eigenvalue weighted by atomic mass is 127. The first kappa shape index (κ1) is 28.5. The van der Waals surface area contributed by atoms with Crippen LogP contribution < -0.4 is 20.7 Å². The summed E-state index contributed by atoms with van der Waals surface area (Å²) in [7, 11) is 1.81. The van der Waals surface area contributed by atoms with Gasteiger partial charge in [0.1, 0.15) is 5.75 Å². The van der Waals surface area contributed by atoms with E-state index in [4.69, 9.17) is 4.74 Å². The molecule has 7 nitrogen and oxygen atoms in total. The lowest BCUT2D eigenvalue weighted by Gasteiger charge is -2.32. The molecule has 182 valence electrons. The number of rotatable bonds is 11. The lowest BCUT2D eigenvalue weighted by Crippen LogP contribution is -2.50. The van der Waals surface area contributed by atoms with Gasteiger partial charge in [-0.3, -0.25) is 14.7 Å². The quantitative estimate of drug-likeness (QED) is 0.221. The number of guanidine groups is 1. The lowest BCUT2D eigenvalue weighted by molar-refractivity contribution is -0.122. The summed E-state index contributed by atoms with van der Waals surface area (Å²) < 4.78 is 5.74. The first-order valence-corrected chi connectivity index (χ1v) is 11.7. The molecule has 1 heterocycles. The average molecular weight is 560 g/mol. The van der Waals surface area contributed by atoms with E-state index in [0.29, 0.717) is 18.5 Å². The Kier molecular flexibility index (Phi) is 14.4. The van der Waals surface area contributed by atoms with Crippen molar-refractivity contribution in [3.05, 3.63) is 29.8 Å². The van der Waals surface area contributed by atoms with Crippen LogP contribution in [-0.4, -0.2) is 69.2 Å². The second-order valence-electron chi connectivity index (χ2n) is 8.64. The molecule has 1 fully saturated rings. The topological polar surface area (TPSA) is 78.0 Å². The van der Waals surface area contributed by atoms with Gasteiger partial charge < -0.3 is 20.7 Å². The van der Waals surface area contributed by atoms with E-state index in [2.05, 4.69) is 58.7 Å². The van der Waals surface area contributed by atoms with Gasteiger partial charge in [-0.1, -0.05) is 32.9 Å². The van der Waals surface area contributed by atoms with Gasteiger partial charge in [-0.15, -0.1) is 24.0 Å². The van der Waals surface area contributed by atoms with E-state index in [1.54, 1.807) is 0 Å². The molecule has 32 heavy (non-hydrogen) atoms. The van der Waals surface area contributed by atoms with Crippen LogP contribution in [0, 0.1) is 5.92 Å². The highest BCUT2D eigenvalue weighted by molar-refractivity contribution is 14.0. The minimum Gasteiger partial charge on any atom is -0.493 e. The van der Waals surface area contributed by atoms with Crippen molar-refractivity contribution in [2.24, 2.45) is 10.9 Å². The molecule has 1 saturated heterocycles. The second kappa shape index (κ2) is 16.1. The largest absolute Gasteiger partial charge is 0.493 e. The van der Waals surface area contributed by atoms with Crippen LogP contribution in [0.3, 0.4) is 0 Å². The highest BCUT2D eigenvalue weighted by Gasteiger charge is 2.21. The number of amides is 1. The Morgan fingerprint density at radius 2 is 1.84 bits per heavy atom. The molecule has 1 aliphatic rings. The Balaban J connectivity index is 0.00000512. The molecule has 1 amide bonds. The number of halogens is 1. The maximum absolute atomic E-state index is 11.9. The van der Waals surface area contributed by atoms with Crippen LogP contribution in [0.15, 0.2) is 29.3 Å². The van der Waals surface area contributed by atoms with Gasteiger partial charge in [-0.05, 0) is 49.3 Å². The maximum atomic E-state index is 11.9. The smallest absolute Gasteiger partial charge is 0.234 e. The van der Waals surface area contributed by atoms with E-state index in [1.807, 2.05) is 19.2 Å². The molecule has 0 bridgehead atoms. The zero-order valence-electron chi connectivity index (χ0n) is 20.2. The van der Waals surface area contributed by atoms with E-state index in [-0.39, 0.29) is 29.9 Å². The minimum atomic E-state index is 0. The molecule has 0 unspecified atom stereocenters. The van der Waals surface area contributed by atoms with Gasteiger partial charge in [0.05, 0.1) is 13.2 Å². The fourth-order valence-corrected chi connectivity index (χ4v) is 3.49. The molecule has 1 aliphatic heterocycles. The molecule has 0 spiro atoms. The number of nitrogens with one attached hydrogen (secondary N) is 3. The molecule has 0 radical (unpaired) electrons. The SMILES string of the molecule is CCCNC(=O)CN1CCC(NC(=NC)NCCc2ccc(OCC(C)C)cc2)CC1.I. The predicted molar refractivity (Wildman–Crippen MR) is 143 cm³/mol. The van der Waals surface area contributed by atoms with Gasteiger partial charge >= 0.3 is 0 Å².